The molecular formula is C21H25N3. The first-order valence-corrected chi connectivity index (χ1v) is 9.02. The van der Waals surface area contributed by atoms with Gasteiger partial charge >= 0.3 is 0 Å². The van der Waals surface area contributed by atoms with Crippen molar-refractivity contribution in [3.05, 3.63) is 66.2 Å². The molecule has 0 N–H and O–H groups in total. The number of aromatic nitrogens is 2. The van der Waals surface area contributed by atoms with Crippen LogP contribution in [0.2, 0.25) is 0 Å². The van der Waals surface area contributed by atoms with Crippen molar-refractivity contribution in [2.45, 2.75) is 38.8 Å². The first kappa shape index (κ1) is 15.4. The van der Waals surface area contributed by atoms with E-state index in [2.05, 4.69) is 70.0 Å². The van der Waals surface area contributed by atoms with Gasteiger partial charge in [-0.15, -0.1) is 0 Å². The summed E-state index contributed by atoms with van der Waals surface area (Å²) in [6, 6.07) is 16.1. The lowest BCUT2D eigenvalue weighted by molar-refractivity contribution is 0.250. The van der Waals surface area contributed by atoms with E-state index in [1.54, 1.807) is 0 Å². The minimum Gasteiger partial charge on any atom is -0.335 e. The van der Waals surface area contributed by atoms with Crippen LogP contribution in [-0.2, 0) is 6.54 Å². The predicted octanol–water partition coefficient (Wildman–Crippen LogP) is 4.57. The molecule has 1 aliphatic rings. The van der Waals surface area contributed by atoms with E-state index in [0.29, 0.717) is 6.04 Å². The molecule has 0 bridgehead atoms. The zero-order valence-electron chi connectivity index (χ0n) is 14.4. The van der Waals surface area contributed by atoms with Gasteiger partial charge in [0.15, 0.2) is 0 Å². The van der Waals surface area contributed by atoms with Gasteiger partial charge in [0.05, 0.1) is 0 Å². The molecule has 2 aromatic carbocycles. The second kappa shape index (κ2) is 6.78. The molecule has 1 atom stereocenters. The third kappa shape index (κ3) is 2.96. The Kier molecular flexibility index (Phi) is 4.35. The zero-order chi connectivity index (χ0) is 16.4. The van der Waals surface area contributed by atoms with Crippen LogP contribution in [0.4, 0.5) is 0 Å². The fourth-order valence-corrected chi connectivity index (χ4v) is 4.07. The topological polar surface area (TPSA) is 21.1 Å². The van der Waals surface area contributed by atoms with Gasteiger partial charge in [-0.25, -0.2) is 4.98 Å². The quantitative estimate of drug-likeness (QED) is 0.687. The number of hydrogen-bond acceptors (Lipinski definition) is 2. The molecule has 4 rings (SSSR count). The number of hydrogen-bond donors (Lipinski definition) is 0. The van der Waals surface area contributed by atoms with Gasteiger partial charge in [0.2, 0.25) is 0 Å². The summed E-state index contributed by atoms with van der Waals surface area (Å²) in [5.74, 6) is 1.11. The Hall–Kier alpha value is -2.13. The Morgan fingerprint density at radius 1 is 1.08 bits per heavy atom. The molecule has 0 spiro atoms. The summed E-state index contributed by atoms with van der Waals surface area (Å²) in [6.07, 6.45) is 7.74. The van der Waals surface area contributed by atoms with Gasteiger partial charge in [0.25, 0.3) is 0 Å². The Labute approximate surface area is 143 Å². The normalized spacial score (nSPS) is 18.5. The number of imidazole rings is 1. The van der Waals surface area contributed by atoms with E-state index in [1.807, 2.05) is 6.20 Å². The van der Waals surface area contributed by atoms with Crippen LogP contribution in [0.1, 0.15) is 36.7 Å². The summed E-state index contributed by atoms with van der Waals surface area (Å²) in [7, 11) is 0. The lowest BCUT2D eigenvalue weighted by Gasteiger charge is -2.26. The first-order valence-electron chi connectivity index (χ1n) is 9.02. The molecule has 24 heavy (non-hydrogen) atoms. The average molecular weight is 319 g/mol. The third-order valence-electron chi connectivity index (χ3n) is 5.31. The first-order chi connectivity index (χ1) is 11.8. The van der Waals surface area contributed by atoms with Crippen molar-refractivity contribution in [3.8, 4) is 0 Å². The van der Waals surface area contributed by atoms with E-state index < -0.39 is 0 Å². The molecule has 1 aromatic heterocycles. The Bertz CT molecular complexity index is 815. The van der Waals surface area contributed by atoms with Crippen molar-refractivity contribution in [1.29, 1.82) is 0 Å². The van der Waals surface area contributed by atoms with Crippen LogP contribution in [0.25, 0.3) is 10.8 Å². The summed E-state index contributed by atoms with van der Waals surface area (Å²) in [5.41, 5.74) is 1.50. The molecule has 0 unspecified atom stereocenters. The van der Waals surface area contributed by atoms with Gasteiger partial charge in [-0.05, 0) is 49.1 Å². The molecule has 0 amide bonds. The van der Waals surface area contributed by atoms with Crippen molar-refractivity contribution in [2.75, 3.05) is 13.1 Å². The summed E-state index contributed by atoms with van der Waals surface area (Å²) < 4.78 is 2.25. The van der Waals surface area contributed by atoms with Gasteiger partial charge < -0.3 is 4.57 Å². The van der Waals surface area contributed by atoms with Gasteiger partial charge in [-0.1, -0.05) is 42.5 Å². The van der Waals surface area contributed by atoms with E-state index in [4.69, 9.17) is 0 Å². The molecule has 124 valence electrons. The van der Waals surface area contributed by atoms with E-state index in [-0.39, 0.29) is 0 Å². The molecule has 0 radical (unpaired) electrons. The molecule has 1 saturated heterocycles. The van der Waals surface area contributed by atoms with Crippen LogP contribution in [-0.4, -0.2) is 27.5 Å². The van der Waals surface area contributed by atoms with Gasteiger partial charge in [-0.2, -0.15) is 0 Å². The van der Waals surface area contributed by atoms with Crippen LogP contribution < -0.4 is 0 Å². The van der Waals surface area contributed by atoms with Crippen LogP contribution in [0.15, 0.2) is 54.9 Å². The maximum Gasteiger partial charge on any atom is 0.105 e. The molecule has 3 nitrogen and oxygen atoms in total. The van der Waals surface area contributed by atoms with Crippen molar-refractivity contribution >= 4 is 10.8 Å². The molecule has 0 aliphatic carbocycles. The average Bonchev–Trinajstić information content (AvgIpc) is 3.24. The standard InChI is InChI=1S/C21H25N3/c1-17-22-12-16-23(17)14-6-15-24-13-5-11-21(24)20-10-4-8-18-7-2-3-9-19(18)20/h2-4,7-10,12,16,21H,5-6,11,13-15H2,1H3/t21-/m0/s1. The predicted molar refractivity (Wildman–Crippen MR) is 99.1 cm³/mol. The van der Waals surface area contributed by atoms with Crippen molar-refractivity contribution in [1.82, 2.24) is 14.5 Å². The Balaban J connectivity index is 1.49. The minimum atomic E-state index is 0.569. The van der Waals surface area contributed by atoms with Crippen LogP contribution >= 0.6 is 0 Å². The van der Waals surface area contributed by atoms with Gasteiger partial charge in [-0.3, -0.25) is 4.90 Å². The number of aryl methyl sites for hydroxylation is 2. The molecule has 3 aromatic rings. The van der Waals surface area contributed by atoms with Crippen LogP contribution in [0.3, 0.4) is 0 Å². The molecule has 0 saturated carbocycles. The second-order valence-corrected chi connectivity index (χ2v) is 6.78. The lowest BCUT2D eigenvalue weighted by Crippen LogP contribution is -2.25. The maximum absolute atomic E-state index is 4.31. The zero-order valence-corrected chi connectivity index (χ0v) is 14.4. The monoisotopic (exact) mass is 319 g/mol. The number of benzene rings is 2. The fraction of sp³-hybridized carbons (Fsp3) is 0.381. The van der Waals surface area contributed by atoms with Gasteiger partial charge in [0.1, 0.15) is 5.82 Å². The highest BCUT2D eigenvalue weighted by Gasteiger charge is 2.26. The van der Waals surface area contributed by atoms with Crippen molar-refractivity contribution in [3.63, 3.8) is 0 Å². The van der Waals surface area contributed by atoms with E-state index in [9.17, 15) is 0 Å². The largest absolute Gasteiger partial charge is 0.335 e. The van der Waals surface area contributed by atoms with Gasteiger partial charge in [0, 0.05) is 31.5 Å². The van der Waals surface area contributed by atoms with E-state index >= 15 is 0 Å². The number of rotatable bonds is 5. The van der Waals surface area contributed by atoms with Crippen molar-refractivity contribution in [2.24, 2.45) is 0 Å². The van der Waals surface area contributed by atoms with Crippen molar-refractivity contribution < 1.29 is 0 Å². The highest BCUT2D eigenvalue weighted by Crippen LogP contribution is 2.35. The summed E-state index contributed by atoms with van der Waals surface area (Å²) in [6.45, 7) is 5.52. The molecular weight excluding hydrogens is 294 g/mol. The highest BCUT2D eigenvalue weighted by atomic mass is 15.2. The maximum atomic E-state index is 4.31. The molecule has 1 aliphatic heterocycles. The smallest absolute Gasteiger partial charge is 0.105 e. The second-order valence-electron chi connectivity index (χ2n) is 6.78. The van der Waals surface area contributed by atoms with Crippen LogP contribution in [0, 0.1) is 6.92 Å². The summed E-state index contributed by atoms with van der Waals surface area (Å²) in [4.78, 5) is 6.99. The number of nitrogens with zero attached hydrogens (tertiary/aromatic N) is 3. The minimum absolute atomic E-state index is 0.569. The summed E-state index contributed by atoms with van der Waals surface area (Å²) in [5, 5.41) is 2.78. The highest BCUT2D eigenvalue weighted by molar-refractivity contribution is 5.86. The van der Waals surface area contributed by atoms with E-state index in [0.717, 1.165) is 18.9 Å². The lowest BCUT2D eigenvalue weighted by atomic mass is 9.97. The fourth-order valence-electron chi connectivity index (χ4n) is 4.07. The molecule has 1 fully saturated rings. The number of likely N-dealkylation sites (tertiary alicyclic amines) is 1. The Morgan fingerprint density at radius 3 is 2.83 bits per heavy atom. The SMILES string of the molecule is Cc1nccn1CCCN1CCC[C@H]1c1cccc2ccccc12. The molecule has 3 heteroatoms. The third-order valence-corrected chi connectivity index (χ3v) is 5.31. The molecule has 2 heterocycles. The Morgan fingerprint density at radius 2 is 1.96 bits per heavy atom. The van der Waals surface area contributed by atoms with E-state index in [1.165, 1.54) is 42.1 Å². The number of fused-ring (bicyclic) bond motifs is 1. The summed E-state index contributed by atoms with van der Waals surface area (Å²) >= 11 is 0. The van der Waals surface area contributed by atoms with Crippen LogP contribution in [0.5, 0.6) is 0 Å².